The molecule has 0 fully saturated rings. The van der Waals surface area contributed by atoms with Gasteiger partial charge in [-0.25, -0.2) is 0 Å². The fraction of sp³-hybridized carbons (Fsp3) is 0.136. The number of methoxy groups -OCH3 is 1. The van der Waals surface area contributed by atoms with Gasteiger partial charge in [-0.05, 0) is 36.4 Å². The van der Waals surface area contributed by atoms with Crippen molar-refractivity contribution in [2.75, 3.05) is 13.3 Å². The molecule has 3 aromatic carbocycles. The standard InChI is InChI=1S/C22H21O3P/c1-25-20-14-8-9-15-21(20)26(17-16-22(23)24,18-10-4-2-5-11-18)19-12-6-3-7-13-19/h2-15H,16-17H2,1H3/p+1. The number of carboxylic acids is 1. The lowest BCUT2D eigenvalue weighted by atomic mass is 10.3. The zero-order valence-electron chi connectivity index (χ0n) is 14.7. The maximum atomic E-state index is 11.5. The van der Waals surface area contributed by atoms with E-state index in [9.17, 15) is 9.90 Å². The van der Waals surface area contributed by atoms with Gasteiger partial charge in [-0.15, -0.1) is 0 Å². The fourth-order valence-corrected chi connectivity index (χ4v) is 7.76. The first kappa shape index (κ1) is 18.2. The molecule has 0 bridgehead atoms. The summed E-state index contributed by atoms with van der Waals surface area (Å²) in [4.78, 5) is 11.5. The van der Waals surface area contributed by atoms with Crippen LogP contribution in [-0.2, 0) is 4.79 Å². The van der Waals surface area contributed by atoms with E-state index in [0.717, 1.165) is 21.7 Å². The molecule has 0 amide bonds. The molecule has 0 unspecified atom stereocenters. The monoisotopic (exact) mass is 365 g/mol. The minimum Gasteiger partial charge on any atom is -0.493 e. The normalized spacial score (nSPS) is 11.1. The van der Waals surface area contributed by atoms with Crippen molar-refractivity contribution >= 4 is 29.1 Å². The highest BCUT2D eigenvalue weighted by Crippen LogP contribution is 2.57. The van der Waals surface area contributed by atoms with Gasteiger partial charge in [0, 0.05) is 0 Å². The summed E-state index contributed by atoms with van der Waals surface area (Å²) in [6.45, 7) is 0. The molecule has 0 saturated heterocycles. The number of aliphatic carboxylic acids is 1. The summed E-state index contributed by atoms with van der Waals surface area (Å²) in [5.41, 5.74) is 0. The highest BCUT2D eigenvalue weighted by Gasteiger charge is 2.47. The summed E-state index contributed by atoms with van der Waals surface area (Å²) in [6.07, 6.45) is 0.659. The number of carbonyl (C=O) groups is 1. The zero-order chi connectivity index (χ0) is 18.4. The van der Waals surface area contributed by atoms with Crippen LogP contribution in [0.1, 0.15) is 6.42 Å². The minimum atomic E-state index is -2.17. The first-order valence-electron chi connectivity index (χ1n) is 8.53. The van der Waals surface area contributed by atoms with Gasteiger partial charge in [0.05, 0.1) is 19.7 Å². The predicted octanol–water partition coefficient (Wildman–Crippen LogP) is 3.46. The molecule has 0 spiro atoms. The molecule has 26 heavy (non-hydrogen) atoms. The van der Waals surface area contributed by atoms with Crippen LogP contribution in [0.2, 0.25) is 0 Å². The predicted molar refractivity (Wildman–Crippen MR) is 109 cm³/mol. The summed E-state index contributed by atoms with van der Waals surface area (Å²) in [6, 6.07) is 28.5. The number of carboxylic acid groups (broad SMARTS) is 1. The van der Waals surface area contributed by atoms with Crippen LogP contribution in [0.3, 0.4) is 0 Å². The number of benzene rings is 3. The van der Waals surface area contributed by atoms with E-state index in [0.29, 0.717) is 6.16 Å². The van der Waals surface area contributed by atoms with E-state index in [1.54, 1.807) is 7.11 Å². The maximum absolute atomic E-state index is 11.5. The Morgan fingerprint density at radius 3 is 1.85 bits per heavy atom. The van der Waals surface area contributed by atoms with Gasteiger partial charge in [-0.3, -0.25) is 4.79 Å². The molecule has 0 aliphatic heterocycles. The third-order valence-electron chi connectivity index (χ3n) is 4.55. The lowest BCUT2D eigenvalue weighted by Crippen LogP contribution is -2.34. The van der Waals surface area contributed by atoms with E-state index >= 15 is 0 Å². The summed E-state index contributed by atoms with van der Waals surface area (Å²) in [5, 5.41) is 12.8. The van der Waals surface area contributed by atoms with Crippen LogP contribution in [0.15, 0.2) is 84.9 Å². The van der Waals surface area contributed by atoms with Crippen LogP contribution in [0.25, 0.3) is 0 Å². The topological polar surface area (TPSA) is 46.5 Å². The summed E-state index contributed by atoms with van der Waals surface area (Å²) < 4.78 is 5.68. The third-order valence-corrected chi connectivity index (χ3v) is 9.00. The van der Waals surface area contributed by atoms with Gasteiger partial charge in [-0.2, -0.15) is 0 Å². The number of para-hydroxylation sites is 1. The van der Waals surface area contributed by atoms with Crippen molar-refractivity contribution in [1.82, 2.24) is 0 Å². The molecule has 0 atom stereocenters. The van der Waals surface area contributed by atoms with Crippen LogP contribution < -0.4 is 20.7 Å². The van der Waals surface area contributed by atoms with Crippen molar-refractivity contribution in [3.8, 4) is 5.75 Å². The highest BCUT2D eigenvalue weighted by molar-refractivity contribution is 7.95. The largest absolute Gasteiger partial charge is 0.493 e. The van der Waals surface area contributed by atoms with Crippen LogP contribution in [0.4, 0.5) is 0 Å². The number of hydrogen-bond donors (Lipinski definition) is 1. The van der Waals surface area contributed by atoms with E-state index in [2.05, 4.69) is 30.3 Å². The molecular formula is C22H22O3P+. The molecule has 4 heteroatoms. The molecule has 3 nitrogen and oxygen atoms in total. The summed E-state index contributed by atoms with van der Waals surface area (Å²) in [7, 11) is -0.500. The molecule has 3 rings (SSSR count). The first-order chi connectivity index (χ1) is 12.7. The summed E-state index contributed by atoms with van der Waals surface area (Å²) >= 11 is 0. The molecule has 3 aromatic rings. The van der Waals surface area contributed by atoms with Crippen molar-refractivity contribution in [2.24, 2.45) is 0 Å². The van der Waals surface area contributed by atoms with Crippen LogP contribution in [-0.4, -0.2) is 24.3 Å². The van der Waals surface area contributed by atoms with Gasteiger partial charge in [-0.1, -0.05) is 48.5 Å². The molecule has 0 aliphatic carbocycles. The van der Waals surface area contributed by atoms with Crippen LogP contribution in [0, 0.1) is 0 Å². The van der Waals surface area contributed by atoms with Crippen LogP contribution in [0.5, 0.6) is 5.75 Å². The molecule has 0 radical (unpaired) electrons. The number of rotatable bonds is 7. The fourth-order valence-electron chi connectivity index (χ4n) is 3.38. The molecule has 1 N–H and O–H groups in total. The average Bonchev–Trinajstić information content (AvgIpc) is 2.70. The first-order valence-corrected chi connectivity index (χ1v) is 10.5. The van der Waals surface area contributed by atoms with E-state index in [1.807, 2.05) is 54.6 Å². The van der Waals surface area contributed by atoms with Gasteiger partial charge < -0.3 is 9.84 Å². The van der Waals surface area contributed by atoms with Gasteiger partial charge in [0.15, 0.2) is 5.75 Å². The van der Waals surface area contributed by atoms with Gasteiger partial charge in [0.2, 0.25) is 0 Å². The Morgan fingerprint density at radius 1 is 0.846 bits per heavy atom. The quantitative estimate of drug-likeness (QED) is 0.652. The molecule has 0 saturated carbocycles. The van der Waals surface area contributed by atoms with Gasteiger partial charge in [0.1, 0.15) is 23.2 Å². The Hall–Kier alpha value is -2.64. The van der Waals surface area contributed by atoms with E-state index in [-0.39, 0.29) is 6.42 Å². The third kappa shape index (κ3) is 3.49. The van der Waals surface area contributed by atoms with Crippen molar-refractivity contribution in [1.29, 1.82) is 0 Å². The lowest BCUT2D eigenvalue weighted by Gasteiger charge is -2.28. The Kier molecular flexibility index (Phi) is 5.70. The van der Waals surface area contributed by atoms with Gasteiger partial charge >= 0.3 is 5.97 Å². The summed E-state index contributed by atoms with van der Waals surface area (Å²) in [5.74, 6) is 0.0232. The second-order valence-electron chi connectivity index (χ2n) is 6.02. The smallest absolute Gasteiger partial charge is 0.307 e. The number of ether oxygens (including phenoxy) is 1. The molecule has 0 aliphatic rings. The lowest BCUT2D eigenvalue weighted by molar-refractivity contribution is -0.136. The average molecular weight is 365 g/mol. The Balaban J connectivity index is 2.33. The van der Waals surface area contributed by atoms with Crippen molar-refractivity contribution in [3.05, 3.63) is 84.9 Å². The Morgan fingerprint density at radius 2 is 1.35 bits per heavy atom. The number of hydrogen-bond acceptors (Lipinski definition) is 2. The zero-order valence-corrected chi connectivity index (χ0v) is 15.6. The van der Waals surface area contributed by atoms with Crippen molar-refractivity contribution in [2.45, 2.75) is 6.42 Å². The minimum absolute atomic E-state index is 0.107. The maximum Gasteiger partial charge on any atom is 0.307 e. The van der Waals surface area contributed by atoms with E-state index in [4.69, 9.17) is 4.74 Å². The molecule has 0 heterocycles. The molecule has 0 aromatic heterocycles. The van der Waals surface area contributed by atoms with Crippen molar-refractivity contribution < 1.29 is 14.6 Å². The highest BCUT2D eigenvalue weighted by atomic mass is 31.2. The Labute approximate surface area is 154 Å². The van der Waals surface area contributed by atoms with Crippen LogP contribution >= 0.6 is 7.26 Å². The molecule has 132 valence electrons. The van der Waals surface area contributed by atoms with Gasteiger partial charge in [0.25, 0.3) is 0 Å². The molecular weight excluding hydrogens is 343 g/mol. The van der Waals surface area contributed by atoms with E-state index < -0.39 is 13.2 Å². The SMILES string of the molecule is COc1ccccc1[P+](CCC(=O)O)(c1ccccc1)c1ccccc1. The second-order valence-corrected chi connectivity index (χ2v) is 9.60. The second kappa shape index (κ2) is 8.16. The van der Waals surface area contributed by atoms with E-state index in [1.165, 1.54) is 0 Å². The van der Waals surface area contributed by atoms with Crippen molar-refractivity contribution in [3.63, 3.8) is 0 Å². The Bertz CT molecular complexity index is 823.